The van der Waals surface area contributed by atoms with E-state index >= 15 is 0 Å². The monoisotopic (exact) mass is 400 g/mol. The van der Waals surface area contributed by atoms with E-state index in [1.54, 1.807) is 18.2 Å². The smallest absolute Gasteiger partial charge is 0.338 e. The van der Waals surface area contributed by atoms with Crippen LogP contribution in [0.1, 0.15) is 23.2 Å². The van der Waals surface area contributed by atoms with Crippen molar-refractivity contribution in [2.75, 3.05) is 25.1 Å². The fraction of sp³-hybridized carbons (Fsp3) is 0.300. The van der Waals surface area contributed by atoms with Crippen LogP contribution in [0.15, 0.2) is 48.5 Å². The van der Waals surface area contributed by atoms with E-state index in [0.29, 0.717) is 12.4 Å². The minimum absolute atomic E-state index is 0.0336. The number of ether oxygens (including phenoxy) is 3. The average Bonchev–Trinajstić information content (AvgIpc) is 3.25. The number of hydrogen-bond acceptors (Lipinski definition) is 7. The summed E-state index contributed by atoms with van der Waals surface area (Å²) in [6.07, 6.45) is 2.10. The maximum Gasteiger partial charge on any atom is 0.338 e. The molecular formula is C20H20N2O7. The average molecular weight is 400 g/mol. The molecule has 1 fully saturated rings. The Labute approximate surface area is 166 Å². The van der Waals surface area contributed by atoms with Crippen molar-refractivity contribution < 1.29 is 28.7 Å². The summed E-state index contributed by atoms with van der Waals surface area (Å²) in [6.45, 7) is 0.641. The quantitative estimate of drug-likeness (QED) is 0.411. The first-order valence-corrected chi connectivity index (χ1v) is 9.08. The first-order valence-electron chi connectivity index (χ1n) is 9.08. The molecule has 152 valence electrons. The predicted octanol–water partition coefficient (Wildman–Crippen LogP) is 2.95. The summed E-state index contributed by atoms with van der Waals surface area (Å²) in [5.41, 5.74) is 0.0463. The lowest BCUT2D eigenvalue weighted by Crippen LogP contribution is -2.21. The van der Waals surface area contributed by atoms with Crippen molar-refractivity contribution in [3.05, 3.63) is 64.2 Å². The number of carbonyl (C=O) groups excluding carboxylic acids is 2. The fourth-order valence-electron chi connectivity index (χ4n) is 2.79. The molecule has 1 atom stereocenters. The van der Waals surface area contributed by atoms with Gasteiger partial charge in [-0.05, 0) is 43.2 Å². The lowest BCUT2D eigenvalue weighted by Gasteiger charge is -2.11. The van der Waals surface area contributed by atoms with Crippen LogP contribution in [-0.4, -0.2) is 42.7 Å². The molecule has 1 amide bonds. The second kappa shape index (κ2) is 9.65. The van der Waals surface area contributed by atoms with E-state index in [9.17, 15) is 19.7 Å². The van der Waals surface area contributed by atoms with Crippen molar-refractivity contribution >= 4 is 23.3 Å². The molecule has 1 aliphatic rings. The van der Waals surface area contributed by atoms with Gasteiger partial charge in [-0.25, -0.2) is 4.79 Å². The third kappa shape index (κ3) is 5.76. The molecule has 0 unspecified atom stereocenters. The maximum atomic E-state index is 12.1. The van der Waals surface area contributed by atoms with Gasteiger partial charge in [0.2, 0.25) is 0 Å². The third-order valence-electron chi connectivity index (χ3n) is 4.26. The number of anilines is 1. The zero-order valence-electron chi connectivity index (χ0n) is 15.5. The Morgan fingerprint density at radius 2 is 1.93 bits per heavy atom. The number of nitro benzene ring substituents is 1. The molecule has 3 rings (SSSR count). The first kappa shape index (κ1) is 20.3. The van der Waals surface area contributed by atoms with E-state index in [-0.39, 0.29) is 23.0 Å². The van der Waals surface area contributed by atoms with Crippen LogP contribution in [0, 0.1) is 10.1 Å². The molecule has 1 heterocycles. The van der Waals surface area contributed by atoms with Gasteiger partial charge in [0.15, 0.2) is 6.61 Å². The summed E-state index contributed by atoms with van der Waals surface area (Å²) in [5, 5.41) is 13.3. The van der Waals surface area contributed by atoms with Gasteiger partial charge in [-0.15, -0.1) is 0 Å². The van der Waals surface area contributed by atoms with Crippen LogP contribution in [0.5, 0.6) is 5.75 Å². The van der Waals surface area contributed by atoms with Crippen LogP contribution in [0.2, 0.25) is 0 Å². The molecule has 1 saturated heterocycles. The summed E-state index contributed by atoms with van der Waals surface area (Å²) in [6, 6.07) is 12.1. The number of nitrogens with one attached hydrogen (secondary N) is 1. The van der Waals surface area contributed by atoms with Gasteiger partial charge in [0, 0.05) is 12.7 Å². The Bertz CT molecular complexity index is 877. The highest BCUT2D eigenvalue weighted by Gasteiger charge is 2.17. The highest BCUT2D eigenvalue weighted by molar-refractivity contribution is 5.96. The Balaban J connectivity index is 1.47. The second-order valence-electron chi connectivity index (χ2n) is 6.37. The molecule has 1 aliphatic heterocycles. The predicted molar refractivity (Wildman–Crippen MR) is 103 cm³/mol. The summed E-state index contributed by atoms with van der Waals surface area (Å²) < 4.78 is 16.1. The van der Waals surface area contributed by atoms with Gasteiger partial charge in [-0.2, -0.15) is 0 Å². The van der Waals surface area contributed by atoms with Gasteiger partial charge in [0.1, 0.15) is 18.0 Å². The van der Waals surface area contributed by atoms with E-state index in [4.69, 9.17) is 14.2 Å². The van der Waals surface area contributed by atoms with E-state index in [2.05, 4.69) is 5.32 Å². The summed E-state index contributed by atoms with van der Waals surface area (Å²) >= 11 is 0. The molecule has 0 aromatic heterocycles. The largest absolute Gasteiger partial charge is 0.491 e. The lowest BCUT2D eigenvalue weighted by molar-refractivity contribution is -0.383. The van der Waals surface area contributed by atoms with Crippen LogP contribution < -0.4 is 10.1 Å². The van der Waals surface area contributed by atoms with E-state index in [1.807, 2.05) is 0 Å². The number of nitro groups is 1. The van der Waals surface area contributed by atoms with E-state index < -0.39 is 23.4 Å². The second-order valence-corrected chi connectivity index (χ2v) is 6.37. The number of carbonyl (C=O) groups is 2. The molecule has 0 saturated carbocycles. The summed E-state index contributed by atoms with van der Waals surface area (Å²) in [4.78, 5) is 34.4. The Hall–Kier alpha value is -3.46. The summed E-state index contributed by atoms with van der Waals surface area (Å²) in [5.74, 6) is -0.760. The van der Waals surface area contributed by atoms with Crippen molar-refractivity contribution in [2.24, 2.45) is 0 Å². The highest BCUT2D eigenvalue weighted by atomic mass is 16.6. The topological polar surface area (TPSA) is 117 Å². The van der Waals surface area contributed by atoms with Crippen LogP contribution in [0.4, 0.5) is 11.4 Å². The van der Waals surface area contributed by atoms with Gasteiger partial charge < -0.3 is 19.5 Å². The van der Waals surface area contributed by atoms with Crippen molar-refractivity contribution in [3.63, 3.8) is 0 Å². The maximum absolute atomic E-state index is 12.1. The van der Waals surface area contributed by atoms with E-state index in [1.165, 1.54) is 30.3 Å². The molecule has 0 bridgehead atoms. The standard InChI is InChI=1S/C20H20N2O7/c23-19(21-17-5-1-2-6-18(17)22(25)26)13-29-20(24)14-7-9-15(10-8-14)28-12-16-4-3-11-27-16/h1-2,5-10,16H,3-4,11-13H2,(H,21,23)/t16-/m1/s1. The number of rotatable bonds is 8. The molecule has 0 aliphatic carbocycles. The van der Waals surface area contributed by atoms with E-state index in [0.717, 1.165) is 19.4 Å². The molecule has 0 spiro atoms. The van der Waals surface area contributed by atoms with Gasteiger partial charge in [0.25, 0.3) is 11.6 Å². The Morgan fingerprint density at radius 1 is 1.17 bits per heavy atom. The number of benzene rings is 2. The van der Waals surface area contributed by atoms with Gasteiger partial charge in [-0.3, -0.25) is 14.9 Å². The summed E-state index contributed by atoms with van der Waals surface area (Å²) in [7, 11) is 0. The highest BCUT2D eigenvalue weighted by Crippen LogP contribution is 2.23. The molecular weight excluding hydrogens is 380 g/mol. The van der Waals surface area contributed by atoms with Crippen molar-refractivity contribution in [3.8, 4) is 5.75 Å². The molecule has 1 N–H and O–H groups in total. The fourth-order valence-corrected chi connectivity index (χ4v) is 2.79. The minimum Gasteiger partial charge on any atom is -0.491 e. The van der Waals surface area contributed by atoms with Crippen molar-refractivity contribution in [1.29, 1.82) is 0 Å². The van der Waals surface area contributed by atoms with Gasteiger partial charge in [0.05, 0.1) is 16.6 Å². The lowest BCUT2D eigenvalue weighted by atomic mass is 10.2. The molecule has 2 aromatic carbocycles. The van der Waals surface area contributed by atoms with Crippen LogP contribution in [0.25, 0.3) is 0 Å². The zero-order valence-corrected chi connectivity index (χ0v) is 15.5. The first-order chi connectivity index (χ1) is 14.0. The number of esters is 1. The van der Waals surface area contributed by atoms with Gasteiger partial charge in [-0.1, -0.05) is 12.1 Å². The third-order valence-corrected chi connectivity index (χ3v) is 4.26. The molecule has 2 aromatic rings. The van der Waals surface area contributed by atoms with Crippen molar-refractivity contribution in [2.45, 2.75) is 18.9 Å². The normalized spacial score (nSPS) is 15.5. The number of para-hydroxylation sites is 2. The SMILES string of the molecule is O=C(COC(=O)c1ccc(OC[C@H]2CCCO2)cc1)Nc1ccccc1[N+](=O)[O-]. The number of hydrogen-bond donors (Lipinski definition) is 1. The van der Waals surface area contributed by atoms with Gasteiger partial charge >= 0.3 is 5.97 Å². The molecule has 0 radical (unpaired) electrons. The minimum atomic E-state index is -0.687. The Kier molecular flexibility index (Phi) is 6.75. The number of amides is 1. The van der Waals surface area contributed by atoms with Crippen LogP contribution >= 0.6 is 0 Å². The van der Waals surface area contributed by atoms with Crippen molar-refractivity contribution in [1.82, 2.24) is 0 Å². The molecule has 29 heavy (non-hydrogen) atoms. The molecule has 9 nitrogen and oxygen atoms in total. The number of nitrogens with zero attached hydrogens (tertiary/aromatic N) is 1. The van der Waals surface area contributed by atoms with Crippen LogP contribution in [0.3, 0.4) is 0 Å². The zero-order chi connectivity index (χ0) is 20.6. The van der Waals surface area contributed by atoms with Crippen LogP contribution in [-0.2, 0) is 14.3 Å². The Morgan fingerprint density at radius 3 is 2.62 bits per heavy atom. The molecule has 9 heteroatoms.